The third kappa shape index (κ3) is 4.06. The predicted molar refractivity (Wildman–Crippen MR) is 86.2 cm³/mol. The third-order valence-electron chi connectivity index (χ3n) is 4.27. The summed E-state index contributed by atoms with van der Waals surface area (Å²) < 4.78 is 5.74. The Bertz CT molecular complexity index is 445. The molecule has 112 valence electrons. The number of rotatable bonds is 4. The molecule has 3 heteroatoms. The van der Waals surface area contributed by atoms with Crippen LogP contribution in [0.4, 0.5) is 11.4 Å². The maximum Gasteiger partial charge on any atom is 0.123 e. The lowest BCUT2D eigenvalue weighted by Crippen LogP contribution is -2.30. The first kappa shape index (κ1) is 15.0. The lowest BCUT2D eigenvalue weighted by Gasteiger charge is -2.33. The van der Waals surface area contributed by atoms with Gasteiger partial charge >= 0.3 is 0 Å². The van der Waals surface area contributed by atoms with Crippen molar-refractivity contribution in [3.8, 4) is 5.75 Å². The highest BCUT2D eigenvalue weighted by Crippen LogP contribution is 2.32. The van der Waals surface area contributed by atoms with Gasteiger partial charge in [0.2, 0.25) is 0 Å². The quantitative estimate of drug-likeness (QED) is 0.806. The van der Waals surface area contributed by atoms with E-state index in [-0.39, 0.29) is 6.10 Å². The molecule has 3 N–H and O–H groups in total. The van der Waals surface area contributed by atoms with Crippen LogP contribution in [0.5, 0.6) is 5.75 Å². The van der Waals surface area contributed by atoms with Crippen LogP contribution in [0.25, 0.3) is 0 Å². The molecule has 1 fully saturated rings. The summed E-state index contributed by atoms with van der Waals surface area (Å²) in [5.74, 6) is 2.47. The summed E-state index contributed by atoms with van der Waals surface area (Å²) in [5.41, 5.74) is 7.80. The molecule has 0 saturated heterocycles. The van der Waals surface area contributed by atoms with Gasteiger partial charge in [0, 0.05) is 29.5 Å². The first-order valence-electron chi connectivity index (χ1n) is 7.77. The minimum atomic E-state index is 0.167. The smallest absolute Gasteiger partial charge is 0.123 e. The molecule has 1 aliphatic rings. The van der Waals surface area contributed by atoms with E-state index >= 15 is 0 Å². The van der Waals surface area contributed by atoms with Crippen molar-refractivity contribution in [3.05, 3.63) is 18.2 Å². The molecule has 0 aliphatic heterocycles. The molecule has 0 spiro atoms. The molecule has 1 aliphatic carbocycles. The van der Waals surface area contributed by atoms with Crippen molar-refractivity contribution >= 4 is 11.4 Å². The number of benzene rings is 1. The second kappa shape index (κ2) is 6.38. The highest BCUT2D eigenvalue weighted by atomic mass is 16.5. The summed E-state index contributed by atoms with van der Waals surface area (Å²) in [6.07, 6.45) is 3.94. The third-order valence-corrected chi connectivity index (χ3v) is 4.27. The average molecular weight is 276 g/mol. The Morgan fingerprint density at radius 3 is 2.55 bits per heavy atom. The predicted octanol–water partition coefficient (Wildman–Crippen LogP) is 4.29. The molecular weight excluding hydrogens is 248 g/mol. The van der Waals surface area contributed by atoms with E-state index in [1.807, 2.05) is 26.0 Å². The van der Waals surface area contributed by atoms with Crippen LogP contribution < -0.4 is 15.8 Å². The fourth-order valence-electron chi connectivity index (χ4n) is 2.96. The largest absolute Gasteiger partial charge is 0.491 e. The van der Waals surface area contributed by atoms with Gasteiger partial charge in [-0.25, -0.2) is 0 Å². The number of ether oxygens (including phenoxy) is 1. The number of hydrogen-bond acceptors (Lipinski definition) is 3. The van der Waals surface area contributed by atoms with E-state index in [9.17, 15) is 0 Å². The van der Waals surface area contributed by atoms with Gasteiger partial charge < -0.3 is 15.8 Å². The Labute approximate surface area is 122 Å². The molecule has 3 unspecified atom stereocenters. The summed E-state index contributed by atoms with van der Waals surface area (Å²) in [6, 6.07) is 6.49. The molecule has 0 aromatic heterocycles. The van der Waals surface area contributed by atoms with Gasteiger partial charge in [-0.1, -0.05) is 13.8 Å². The van der Waals surface area contributed by atoms with Crippen molar-refractivity contribution in [1.82, 2.24) is 0 Å². The molecule has 0 heterocycles. The fourth-order valence-corrected chi connectivity index (χ4v) is 2.96. The zero-order valence-corrected chi connectivity index (χ0v) is 13.1. The van der Waals surface area contributed by atoms with Gasteiger partial charge in [0.25, 0.3) is 0 Å². The zero-order valence-electron chi connectivity index (χ0n) is 13.1. The molecular formula is C17H28N2O. The fraction of sp³-hybridized carbons (Fsp3) is 0.647. The van der Waals surface area contributed by atoms with E-state index in [4.69, 9.17) is 10.5 Å². The Morgan fingerprint density at radius 2 is 1.90 bits per heavy atom. The molecule has 0 bridgehead atoms. The Balaban J connectivity index is 2.03. The van der Waals surface area contributed by atoms with Gasteiger partial charge in [0.15, 0.2) is 0 Å². The number of nitrogens with two attached hydrogens (primary N) is 1. The highest BCUT2D eigenvalue weighted by molar-refractivity contribution is 5.59. The highest BCUT2D eigenvalue weighted by Gasteiger charge is 2.24. The molecule has 3 nitrogen and oxygen atoms in total. The minimum absolute atomic E-state index is 0.167. The van der Waals surface area contributed by atoms with Crippen LogP contribution in [0.1, 0.15) is 47.0 Å². The van der Waals surface area contributed by atoms with Crippen LogP contribution in [0.3, 0.4) is 0 Å². The monoisotopic (exact) mass is 276 g/mol. The second-order valence-electron chi connectivity index (χ2n) is 6.57. The Morgan fingerprint density at radius 1 is 1.15 bits per heavy atom. The molecule has 20 heavy (non-hydrogen) atoms. The van der Waals surface area contributed by atoms with E-state index in [0.717, 1.165) is 29.0 Å². The van der Waals surface area contributed by atoms with Crippen molar-refractivity contribution in [3.63, 3.8) is 0 Å². The number of nitrogen functional groups attached to an aromatic ring is 1. The summed E-state index contributed by atoms with van der Waals surface area (Å²) in [4.78, 5) is 0. The number of anilines is 2. The van der Waals surface area contributed by atoms with Crippen LogP contribution >= 0.6 is 0 Å². The summed E-state index contributed by atoms with van der Waals surface area (Å²) in [5, 5.41) is 3.63. The van der Waals surface area contributed by atoms with E-state index in [2.05, 4.69) is 25.2 Å². The summed E-state index contributed by atoms with van der Waals surface area (Å²) in [6.45, 7) is 8.77. The number of hydrogen-bond donors (Lipinski definition) is 2. The second-order valence-corrected chi connectivity index (χ2v) is 6.57. The SMILES string of the molecule is CC(C)Oc1cc(N)cc(NC2CCC(C)C(C)C2)c1. The Kier molecular flexibility index (Phi) is 4.79. The summed E-state index contributed by atoms with van der Waals surface area (Å²) in [7, 11) is 0. The van der Waals surface area contributed by atoms with Crippen molar-refractivity contribution in [2.45, 2.75) is 59.1 Å². The summed E-state index contributed by atoms with van der Waals surface area (Å²) >= 11 is 0. The van der Waals surface area contributed by atoms with Crippen LogP contribution in [0.2, 0.25) is 0 Å². The average Bonchev–Trinajstić information content (AvgIpc) is 2.32. The van der Waals surface area contributed by atoms with E-state index in [1.165, 1.54) is 19.3 Å². The van der Waals surface area contributed by atoms with Crippen molar-refractivity contribution < 1.29 is 4.74 Å². The van der Waals surface area contributed by atoms with Crippen LogP contribution in [0, 0.1) is 11.8 Å². The molecule has 1 saturated carbocycles. The normalized spacial score (nSPS) is 26.6. The van der Waals surface area contributed by atoms with Crippen LogP contribution in [0.15, 0.2) is 18.2 Å². The lowest BCUT2D eigenvalue weighted by atomic mass is 9.79. The molecule has 0 radical (unpaired) electrons. The van der Waals surface area contributed by atoms with Crippen molar-refractivity contribution in [1.29, 1.82) is 0 Å². The van der Waals surface area contributed by atoms with E-state index < -0.39 is 0 Å². The van der Waals surface area contributed by atoms with Crippen molar-refractivity contribution in [2.24, 2.45) is 11.8 Å². The number of nitrogens with one attached hydrogen (secondary N) is 1. The maximum absolute atomic E-state index is 5.97. The van der Waals surface area contributed by atoms with Gasteiger partial charge in [-0.3, -0.25) is 0 Å². The lowest BCUT2D eigenvalue weighted by molar-refractivity contribution is 0.242. The topological polar surface area (TPSA) is 47.3 Å². The Hall–Kier alpha value is -1.38. The van der Waals surface area contributed by atoms with Crippen LogP contribution in [-0.4, -0.2) is 12.1 Å². The first-order chi connectivity index (χ1) is 9.44. The molecule has 1 aromatic rings. The molecule has 0 amide bonds. The van der Waals surface area contributed by atoms with Crippen molar-refractivity contribution in [2.75, 3.05) is 11.1 Å². The minimum Gasteiger partial charge on any atom is -0.491 e. The van der Waals surface area contributed by atoms with Gasteiger partial charge in [-0.2, -0.15) is 0 Å². The van der Waals surface area contributed by atoms with Crippen LogP contribution in [-0.2, 0) is 0 Å². The zero-order chi connectivity index (χ0) is 14.7. The maximum atomic E-state index is 5.97. The van der Waals surface area contributed by atoms with Gasteiger partial charge in [0.05, 0.1) is 6.10 Å². The molecule has 3 atom stereocenters. The van der Waals surface area contributed by atoms with Gasteiger partial charge in [0.1, 0.15) is 5.75 Å². The molecule has 2 rings (SSSR count). The van der Waals surface area contributed by atoms with Gasteiger partial charge in [-0.15, -0.1) is 0 Å². The van der Waals surface area contributed by atoms with E-state index in [1.54, 1.807) is 0 Å². The molecule has 1 aromatic carbocycles. The standard InChI is InChI=1S/C17H28N2O/c1-11(2)20-17-9-14(18)8-16(10-17)19-15-6-5-12(3)13(4)7-15/h8-13,15,19H,5-7,18H2,1-4H3. The van der Waals surface area contributed by atoms with Gasteiger partial charge in [-0.05, 0) is 51.0 Å². The van der Waals surface area contributed by atoms with E-state index in [0.29, 0.717) is 6.04 Å². The first-order valence-corrected chi connectivity index (χ1v) is 7.77.